The molecule has 0 spiro atoms. The van der Waals surface area contributed by atoms with Gasteiger partial charge in [-0.25, -0.2) is 4.98 Å². The van der Waals surface area contributed by atoms with Crippen molar-refractivity contribution in [2.45, 2.75) is 6.92 Å². The van der Waals surface area contributed by atoms with Gasteiger partial charge in [0, 0.05) is 13.0 Å². The monoisotopic (exact) mass is 153 g/mol. The number of aromatic amines is 1. The van der Waals surface area contributed by atoms with E-state index < -0.39 is 0 Å². The number of carbonyl (C=O) groups excluding carboxylic acids is 1. The van der Waals surface area contributed by atoms with Crippen molar-refractivity contribution in [3.05, 3.63) is 22.7 Å². The third-order valence-electron chi connectivity index (χ3n) is 0.982. The summed E-state index contributed by atoms with van der Waals surface area (Å²) in [5.41, 5.74) is -0.288. The van der Waals surface area contributed by atoms with Gasteiger partial charge >= 0.3 is 0 Å². The highest BCUT2D eigenvalue weighted by atomic mass is 16.1. The van der Waals surface area contributed by atoms with Crippen LogP contribution in [0.5, 0.6) is 0 Å². The maximum Gasteiger partial charge on any atom is 0.252 e. The lowest BCUT2D eigenvalue weighted by molar-refractivity contribution is -0.114. The van der Waals surface area contributed by atoms with Gasteiger partial charge in [-0.1, -0.05) is 0 Å². The maximum atomic E-state index is 10.6. The molecule has 5 heteroatoms. The van der Waals surface area contributed by atoms with Crippen molar-refractivity contribution in [2.75, 3.05) is 5.32 Å². The summed E-state index contributed by atoms with van der Waals surface area (Å²) in [6.07, 6.45) is 1.23. The molecule has 0 saturated heterocycles. The summed E-state index contributed by atoms with van der Waals surface area (Å²) in [7, 11) is 0. The molecule has 1 aromatic heterocycles. The first-order chi connectivity index (χ1) is 5.18. The molecular weight excluding hydrogens is 146 g/mol. The molecule has 0 aliphatic rings. The molecule has 58 valence electrons. The molecule has 0 aliphatic heterocycles. The Kier molecular flexibility index (Phi) is 2.00. The van der Waals surface area contributed by atoms with Gasteiger partial charge < -0.3 is 10.3 Å². The summed E-state index contributed by atoms with van der Waals surface area (Å²) in [6, 6.07) is 1.21. The Morgan fingerprint density at radius 2 is 2.45 bits per heavy atom. The fourth-order valence-corrected chi connectivity index (χ4v) is 0.617. The second-order valence-corrected chi connectivity index (χ2v) is 1.98. The molecule has 1 heterocycles. The number of carbonyl (C=O) groups is 1. The first-order valence-corrected chi connectivity index (χ1v) is 3.01. The van der Waals surface area contributed by atoms with E-state index >= 15 is 0 Å². The highest BCUT2D eigenvalue weighted by Gasteiger charge is 1.95. The number of aromatic nitrogens is 2. The molecule has 0 saturated carbocycles. The van der Waals surface area contributed by atoms with Crippen molar-refractivity contribution in [2.24, 2.45) is 0 Å². The predicted octanol–water partition coefficient (Wildman–Crippen LogP) is -0.272. The lowest BCUT2D eigenvalue weighted by Gasteiger charge is -1.96. The summed E-state index contributed by atoms with van der Waals surface area (Å²) < 4.78 is 0. The van der Waals surface area contributed by atoms with Gasteiger partial charge in [0.2, 0.25) is 5.91 Å². The van der Waals surface area contributed by atoms with Crippen LogP contribution in [0, 0.1) is 0 Å². The Morgan fingerprint density at radius 3 is 3.00 bits per heavy atom. The normalized spacial score (nSPS) is 9.18. The summed E-state index contributed by atoms with van der Waals surface area (Å²) in [6.45, 7) is 1.35. The smallest absolute Gasteiger partial charge is 0.252 e. The second-order valence-electron chi connectivity index (χ2n) is 1.98. The van der Waals surface area contributed by atoms with E-state index in [0.717, 1.165) is 0 Å². The van der Waals surface area contributed by atoms with Gasteiger partial charge in [0.05, 0.1) is 6.33 Å². The Morgan fingerprint density at radius 1 is 1.73 bits per heavy atom. The van der Waals surface area contributed by atoms with Crippen molar-refractivity contribution in [1.82, 2.24) is 9.97 Å². The molecule has 1 rings (SSSR count). The van der Waals surface area contributed by atoms with Gasteiger partial charge in [-0.2, -0.15) is 0 Å². The van der Waals surface area contributed by atoms with E-state index in [9.17, 15) is 9.59 Å². The molecule has 2 N–H and O–H groups in total. The molecular formula is C6H7N3O2. The van der Waals surface area contributed by atoms with Gasteiger partial charge in [-0.15, -0.1) is 0 Å². The van der Waals surface area contributed by atoms with Crippen LogP contribution >= 0.6 is 0 Å². The van der Waals surface area contributed by atoms with Crippen LogP contribution in [0.3, 0.4) is 0 Å². The Balaban J connectivity index is 2.88. The quantitative estimate of drug-likeness (QED) is 0.583. The van der Waals surface area contributed by atoms with Crippen molar-refractivity contribution >= 4 is 11.7 Å². The number of nitrogens with one attached hydrogen (secondary N) is 2. The van der Waals surface area contributed by atoms with E-state index in [0.29, 0.717) is 0 Å². The van der Waals surface area contributed by atoms with Crippen LogP contribution in [-0.4, -0.2) is 15.9 Å². The molecule has 11 heavy (non-hydrogen) atoms. The molecule has 0 bridgehead atoms. The third-order valence-corrected chi connectivity index (χ3v) is 0.982. The van der Waals surface area contributed by atoms with Crippen molar-refractivity contribution in [1.29, 1.82) is 0 Å². The van der Waals surface area contributed by atoms with E-state index in [-0.39, 0.29) is 17.3 Å². The first-order valence-electron chi connectivity index (χ1n) is 3.01. The van der Waals surface area contributed by atoms with E-state index in [4.69, 9.17) is 0 Å². The zero-order valence-electron chi connectivity index (χ0n) is 5.92. The number of rotatable bonds is 1. The molecule has 5 nitrogen and oxygen atoms in total. The van der Waals surface area contributed by atoms with Crippen LogP contribution in [0.2, 0.25) is 0 Å². The van der Waals surface area contributed by atoms with Crippen LogP contribution in [0.1, 0.15) is 6.92 Å². The minimum Gasteiger partial charge on any atom is -0.313 e. The largest absolute Gasteiger partial charge is 0.313 e. The topological polar surface area (TPSA) is 74.8 Å². The lowest BCUT2D eigenvalue weighted by atomic mass is 10.5. The molecule has 0 radical (unpaired) electrons. The maximum absolute atomic E-state index is 10.6. The summed E-state index contributed by atoms with van der Waals surface area (Å²) in [5, 5.41) is 2.38. The molecule has 1 amide bonds. The Labute approximate surface area is 62.5 Å². The SMILES string of the molecule is CC(=O)Nc1cc(=O)[nH]cn1. The van der Waals surface area contributed by atoms with E-state index in [1.165, 1.54) is 19.3 Å². The number of hydrogen-bond acceptors (Lipinski definition) is 3. The number of amides is 1. The number of hydrogen-bond donors (Lipinski definition) is 2. The second kappa shape index (κ2) is 2.96. The molecule has 0 fully saturated rings. The average Bonchev–Trinajstić information content (AvgIpc) is 1.85. The minimum absolute atomic E-state index is 0.247. The lowest BCUT2D eigenvalue weighted by Crippen LogP contribution is -2.12. The first kappa shape index (κ1) is 7.46. The van der Waals surface area contributed by atoms with Crippen LogP contribution in [0.4, 0.5) is 5.82 Å². The van der Waals surface area contributed by atoms with Crippen molar-refractivity contribution in [3.63, 3.8) is 0 Å². The predicted molar refractivity (Wildman–Crippen MR) is 39.2 cm³/mol. The van der Waals surface area contributed by atoms with Crippen LogP contribution in [0.15, 0.2) is 17.2 Å². The van der Waals surface area contributed by atoms with Crippen molar-refractivity contribution in [3.8, 4) is 0 Å². The summed E-state index contributed by atoms with van der Waals surface area (Å²) in [4.78, 5) is 27.1. The average molecular weight is 153 g/mol. The Bertz CT molecular complexity index is 318. The van der Waals surface area contributed by atoms with Crippen molar-refractivity contribution < 1.29 is 4.79 Å². The van der Waals surface area contributed by atoms with Crippen LogP contribution in [0.25, 0.3) is 0 Å². The van der Waals surface area contributed by atoms with Gasteiger partial charge in [0.25, 0.3) is 5.56 Å². The summed E-state index contributed by atoms with van der Waals surface area (Å²) in [5.74, 6) is 0.0179. The summed E-state index contributed by atoms with van der Waals surface area (Å²) >= 11 is 0. The fourth-order valence-electron chi connectivity index (χ4n) is 0.617. The zero-order chi connectivity index (χ0) is 8.27. The number of H-pyrrole nitrogens is 1. The van der Waals surface area contributed by atoms with E-state index in [1.807, 2.05) is 0 Å². The van der Waals surface area contributed by atoms with Gasteiger partial charge in [-0.3, -0.25) is 9.59 Å². The number of nitrogens with zero attached hydrogens (tertiary/aromatic N) is 1. The van der Waals surface area contributed by atoms with Gasteiger partial charge in [0.1, 0.15) is 5.82 Å². The van der Waals surface area contributed by atoms with Crippen LogP contribution in [-0.2, 0) is 4.79 Å². The standard InChI is InChI=1S/C6H7N3O2/c1-4(10)9-5-2-6(11)8-3-7-5/h2-3H,1H3,(H2,7,8,9,10,11). The molecule has 0 aliphatic carbocycles. The Hall–Kier alpha value is -1.65. The third kappa shape index (κ3) is 2.21. The van der Waals surface area contributed by atoms with Crippen LogP contribution < -0.4 is 10.9 Å². The van der Waals surface area contributed by atoms with E-state index in [1.54, 1.807) is 0 Å². The fraction of sp³-hybridized carbons (Fsp3) is 0.167. The molecule has 1 aromatic rings. The minimum atomic E-state index is -0.288. The highest BCUT2D eigenvalue weighted by molar-refractivity contribution is 5.87. The molecule has 0 aromatic carbocycles. The molecule has 0 atom stereocenters. The van der Waals surface area contributed by atoms with Gasteiger partial charge in [-0.05, 0) is 0 Å². The van der Waals surface area contributed by atoms with E-state index in [2.05, 4.69) is 15.3 Å². The number of anilines is 1. The van der Waals surface area contributed by atoms with Gasteiger partial charge in [0.15, 0.2) is 0 Å². The molecule has 0 unspecified atom stereocenters. The zero-order valence-corrected chi connectivity index (χ0v) is 5.92. The highest BCUT2D eigenvalue weighted by Crippen LogP contribution is 1.92.